The van der Waals surface area contributed by atoms with Gasteiger partial charge in [-0.05, 0) is 48.7 Å². The van der Waals surface area contributed by atoms with Gasteiger partial charge in [0.1, 0.15) is 11.3 Å². The lowest BCUT2D eigenvalue weighted by atomic mass is 10.2. The largest absolute Gasteiger partial charge is 0.494 e. The van der Waals surface area contributed by atoms with Crippen LogP contribution in [0, 0.1) is 0 Å². The van der Waals surface area contributed by atoms with E-state index in [-0.39, 0.29) is 0 Å². The fourth-order valence-corrected chi connectivity index (χ4v) is 3.44. The zero-order chi connectivity index (χ0) is 21.5. The molecule has 0 saturated carbocycles. The van der Waals surface area contributed by atoms with Crippen LogP contribution in [0.1, 0.15) is 45.1 Å². The topological polar surface area (TPSA) is 77.2 Å². The first-order valence-electron chi connectivity index (χ1n) is 10.9. The number of rotatable bonds is 10. The first-order chi connectivity index (χ1) is 15.3. The van der Waals surface area contributed by atoms with Gasteiger partial charge in [0.15, 0.2) is 5.65 Å². The van der Waals surface area contributed by atoms with E-state index in [4.69, 9.17) is 9.72 Å². The van der Waals surface area contributed by atoms with Crippen molar-refractivity contribution in [1.29, 1.82) is 0 Å². The Hall–Kier alpha value is -3.48. The number of hydrazone groups is 1. The number of hydrogen-bond acceptors (Lipinski definition) is 6. The number of ether oxygens (including phenoxy) is 1. The number of hydrogen-bond donors (Lipinski definition) is 1. The maximum absolute atomic E-state index is 5.69. The summed E-state index contributed by atoms with van der Waals surface area (Å²) in [5.74, 6) is 1.25. The van der Waals surface area contributed by atoms with Gasteiger partial charge in [0.05, 0.1) is 18.3 Å². The summed E-state index contributed by atoms with van der Waals surface area (Å²) in [5, 5.41) is 14.0. The predicted molar refractivity (Wildman–Crippen MR) is 126 cm³/mol. The first-order valence-corrected chi connectivity index (χ1v) is 10.9. The zero-order valence-corrected chi connectivity index (χ0v) is 18.1. The van der Waals surface area contributed by atoms with Crippen molar-refractivity contribution in [3.8, 4) is 5.75 Å². The first kappa shape index (κ1) is 20.8. The molecule has 31 heavy (non-hydrogen) atoms. The molecule has 0 radical (unpaired) electrons. The third-order valence-corrected chi connectivity index (χ3v) is 5.13. The average Bonchev–Trinajstić information content (AvgIpc) is 3.12. The van der Waals surface area contributed by atoms with E-state index < -0.39 is 0 Å². The molecule has 0 aliphatic heterocycles. The van der Waals surface area contributed by atoms with Gasteiger partial charge in [0.2, 0.25) is 0 Å². The van der Waals surface area contributed by atoms with Crippen LogP contribution in [0.3, 0.4) is 0 Å². The van der Waals surface area contributed by atoms with Gasteiger partial charge in [0.25, 0.3) is 5.95 Å². The Balaban J connectivity index is 1.50. The van der Waals surface area contributed by atoms with Gasteiger partial charge >= 0.3 is 0 Å². The second kappa shape index (κ2) is 10.0. The molecule has 0 spiro atoms. The number of benzene rings is 2. The molecule has 2 heterocycles. The second-order valence-corrected chi connectivity index (χ2v) is 7.47. The van der Waals surface area contributed by atoms with Gasteiger partial charge < -0.3 is 9.30 Å². The molecule has 2 aromatic carbocycles. The molecule has 7 heteroatoms. The van der Waals surface area contributed by atoms with E-state index in [0.29, 0.717) is 5.95 Å². The maximum Gasteiger partial charge on any atom is 0.265 e. The van der Waals surface area contributed by atoms with Crippen LogP contribution in [0.2, 0.25) is 0 Å². The summed E-state index contributed by atoms with van der Waals surface area (Å²) in [6, 6.07) is 16.1. The molecule has 0 amide bonds. The van der Waals surface area contributed by atoms with Crippen molar-refractivity contribution in [2.45, 2.75) is 46.1 Å². The average molecular weight is 417 g/mol. The minimum Gasteiger partial charge on any atom is -0.494 e. The van der Waals surface area contributed by atoms with Crippen molar-refractivity contribution in [1.82, 2.24) is 19.7 Å². The van der Waals surface area contributed by atoms with Crippen molar-refractivity contribution >= 4 is 34.2 Å². The molecule has 0 saturated heterocycles. The molecule has 0 atom stereocenters. The Labute approximate surface area is 182 Å². The Kier molecular flexibility index (Phi) is 6.72. The van der Waals surface area contributed by atoms with E-state index in [1.54, 1.807) is 6.21 Å². The van der Waals surface area contributed by atoms with E-state index >= 15 is 0 Å². The highest BCUT2D eigenvalue weighted by atomic mass is 16.5. The summed E-state index contributed by atoms with van der Waals surface area (Å²) in [4.78, 5) is 4.70. The van der Waals surface area contributed by atoms with Gasteiger partial charge in [-0.1, -0.05) is 44.9 Å². The molecule has 160 valence electrons. The Morgan fingerprint density at radius 1 is 1.00 bits per heavy atom. The van der Waals surface area contributed by atoms with E-state index in [1.807, 2.05) is 36.4 Å². The monoisotopic (exact) mass is 416 g/mol. The molecule has 4 rings (SSSR count). The van der Waals surface area contributed by atoms with Crippen LogP contribution in [-0.2, 0) is 6.54 Å². The highest BCUT2D eigenvalue weighted by molar-refractivity contribution is 6.04. The van der Waals surface area contributed by atoms with Gasteiger partial charge in [0, 0.05) is 11.9 Å². The summed E-state index contributed by atoms with van der Waals surface area (Å²) >= 11 is 0. The molecule has 0 aliphatic rings. The highest BCUT2D eigenvalue weighted by Gasteiger charge is 2.14. The third kappa shape index (κ3) is 4.82. The molecule has 1 N–H and O–H groups in total. The number of fused-ring (bicyclic) bond motifs is 3. The molecule has 0 fully saturated rings. The Bertz CT molecular complexity index is 1170. The normalized spacial score (nSPS) is 11.5. The molecular formula is C24H28N6O. The summed E-state index contributed by atoms with van der Waals surface area (Å²) < 4.78 is 7.91. The highest BCUT2D eigenvalue weighted by Crippen LogP contribution is 2.26. The smallest absolute Gasteiger partial charge is 0.265 e. The van der Waals surface area contributed by atoms with Gasteiger partial charge in [-0.15, -0.1) is 10.2 Å². The fraction of sp³-hybridized carbons (Fsp3) is 0.333. The van der Waals surface area contributed by atoms with Crippen LogP contribution in [0.5, 0.6) is 5.75 Å². The molecule has 7 nitrogen and oxygen atoms in total. The van der Waals surface area contributed by atoms with Crippen LogP contribution in [0.4, 0.5) is 5.95 Å². The number of unbranched alkanes of at least 4 members (excludes halogenated alkanes) is 2. The van der Waals surface area contributed by atoms with Gasteiger partial charge in [-0.25, -0.2) is 5.43 Å². The standard InChI is InChI=1S/C24H28N6O/c1-3-5-15-30-21-10-8-7-9-20(21)22-23(30)26-24(29-27-22)28-25-17-18-11-13-19(14-12-18)31-16-6-4-2/h7-14,17H,3-6,15-16H2,1-2H3,(H,26,28,29)/b25-17+. The lowest BCUT2D eigenvalue weighted by Gasteiger charge is -2.06. The van der Waals surface area contributed by atoms with Gasteiger partial charge in [-0.3, -0.25) is 0 Å². The maximum atomic E-state index is 5.69. The number of nitrogens with one attached hydrogen (secondary N) is 1. The summed E-state index contributed by atoms with van der Waals surface area (Å²) in [5.41, 5.74) is 6.65. The van der Waals surface area contributed by atoms with E-state index in [0.717, 1.165) is 72.2 Å². The number of nitrogens with zero attached hydrogens (tertiary/aromatic N) is 5. The van der Waals surface area contributed by atoms with Crippen molar-refractivity contribution in [3.05, 3.63) is 54.1 Å². The van der Waals surface area contributed by atoms with Crippen molar-refractivity contribution < 1.29 is 4.74 Å². The zero-order valence-electron chi connectivity index (χ0n) is 18.1. The number of anilines is 1. The molecule has 0 unspecified atom stereocenters. The minimum absolute atomic E-state index is 0.379. The lowest BCUT2D eigenvalue weighted by Crippen LogP contribution is -2.03. The Morgan fingerprint density at radius 2 is 1.81 bits per heavy atom. The number of para-hydroxylation sites is 1. The number of aryl methyl sites for hydroxylation is 1. The second-order valence-electron chi connectivity index (χ2n) is 7.47. The van der Waals surface area contributed by atoms with E-state index in [1.165, 1.54) is 0 Å². The quantitative estimate of drug-likeness (QED) is 0.213. The molecule has 4 aromatic rings. The van der Waals surface area contributed by atoms with Crippen molar-refractivity contribution in [3.63, 3.8) is 0 Å². The molecule has 0 aliphatic carbocycles. The Morgan fingerprint density at radius 3 is 2.61 bits per heavy atom. The summed E-state index contributed by atoms with van der Waals surface area (Å²) in [7, 11) is 0. The van der Waals surface area contributed by atoms with E-state index in [2.05, 4.69) is 51.3 Å². The SMILES string of the molecule is CCCCOc1ccc(/C=N/Nc2nnc3c4ccccc4n(CCCC)c3n2)cc1. The minimum atomic E-state index is 0.379. The fourth-order valence-electron chi connectivity index (χ4n) is 3.44. The van der Waals surface area contributed by atoms with Gasteiger partial charge in [-0.2, -0.15) is 10.1 Å². The lowest BCUT2D eigenvalue weighted by molar-refractivity contribution is 0.309. The van der Waals surface area contributed by atoms with Crippen LogP contribution >= 0.6 is 0 Å². The summed E-state index contributed by atoms with van der Waals surface area (Å²) in [6.45, 7) is 5.98. The van der Waals surface area contributed by atoms with Crippen molar-refractivity contribution in [2.75, 3.05) is 12.0 Å². The van der Waals surface area contributed by atoms with Crippen LogP contribution in [-0.4, -0.2) is 32.6 Å². The summed E-state index contributed by atoms with van der Waals surface area (Å²) in [6.07, 6.45) is 6.11. The third-order valence-electron chi connectivity index (χ3n) is 5.13. The molecular weight excluding hydrogens is 388 g/mol. The number of aromatic nitrogens is 4. The van der Waals surface area contributed by atoms with Crippen molar-refractivity contribution in [2.24, 2.45) is 5.10 Å². The van der Waals surface area contributed by atoms with Crippen LogP contribution in [0.15, 0.2) is 53.6 Å². The molecule has 0 bridgehead atoms. The van der Waals surface area contributed by atoms with E-state index in [9.17, 15) is 0 Å². The predicted octanol–water partition coefficient (Wildman–Crippen LogP) is 5.40. The van der Waals surface area contributed by atoms with Crippen LogP contribution < -0.4 is 10.2 Å². The van der Waals surface area contributed by atoms with Crippen LogP contribution in [0.25, 0.3) is 22.1 Å². The molecule has 2 aromatic heterocycles.